The topological polar surface area (TPSA) is 91.4 Å². The highest BCUT2D eigenvalue weighted by Gasteiger charge is 2.35. The van der Waals surface area contributed by atoms with Crippen LogP contribution in [0, 0.1) is 5.92 Å². The van der Waals surface area contributed by atoms with E-state index >= 15 is 0 Å². The van der Waals surface area contributed by atoms with E-state index in [0.717, 1.165) is 23.0 Å². The number of halogens is 1. The predicted molar refractivity (Wildman–Crippen MR) is 124 cm³/mol. The summed E-state index contributed by atoms with van der Waals surface area (Å²) < 4.78 is 10.4. The lowest BCUT2D eigenvalue weighted by Crippen LogP contribution is -2.42. The first kappa shape index (κ1) is 21.8. The molecule has 5 rings (SSSR count). The molecule has 9 nitrogen and oxygen atoms in total. The highest BCUT2D eigenvalue weighted by atomic mass is 35.5. The summed E-state index contributed by atoms with van der Waals surface area (Å²) in [7, 11) is 3.04. The Kier molecular flexibility index (Phi) is 5.52. The van der Waals surface area contributed by atoms with Gasteiger partial charge in [0.2, 0.25) is 5.91 Å². The van der Waals surface area contributed by atoms with E-state index in [1.165, 1.54) is 11.6 Å². The highest BCUT2D eigenvalue weighted by Crippen LogP contribution is 2.32. The second-order valence-electron chi connectivity index (χ2n) is 8.91. The molecule has 0 N–H and O–H groups in total. The minimum atomic E-state index is -0.446. The number of carbonyl (C=O) groups is 1. The Morgan fingerprint density at radius 1 is 1.12 bits per heavy atom. The lowest BCUT2D eigenvalue weighted by Gasteiger charge is -2.32. The van der Waals surface area contributed by atoms with Crippen molar-refractivity contribution < 1.29 is 9.53 Å². The number of aryl methyl sites for hydroxylation is 1. The third-order valence-corrected chi connectivity index (χ3v) is 6.73. The molecular weight excluding hydrogens is 446 g/mol. The second kappa shape index (κ2) is 8.37. The van der Waals surface area contributed by atoms with Crippen molar-refractivity contribution in [2.24, 2.45) is 20.0 Å². The summed E-state index contributed by atoms with van der Waals surface area (Å²) in [5.41, 5.74) is 0.588. The van der Waals surface area contributed by atoms with E-state index in [4.69, 9.17) is 16.3 Å². The van der Waals surface area contributed by atoms with Crippen LogP contribution in [0.15, 0.2) is 33.9 Å². The molecule has 10 heteroatoms. The number of imidazole rings is 1. The number of carbonyl (C=O) groups excluding carboxylic acids is 1. The van der Waals surface area contributed by atoms with Gasteiger partial charge in [0.15, 0.2) is 11.2 Å². The monoisotopic (exact) mass is 471 g/mol. The third-order valence-electron chi connectivity index (χ3n) is 6.49. The summed E-state index contributed by atoms with van der Waals surface area (Å²) in [6.07, 6.45) is 3.24. The summed E-state index contributed by atoms with van der Waals surface area (Å²) in [5, 5.41) is 0.590. The van der Waals surface area contributed by atoms with Crippen LogP contribution in [0.3, 0.4) is 0 Å². The standard InChI is InChI=1S/C23H26ClN5O4/c1-26-19-18(21(31)27(2)23(26)32)29(13-14-4-3-5-16(24)12-14)22(25-19)33-17-8-10-28(11-9-17)20(30)15-6-7-15/h3-5,12,15,17H,6-11,13H2,1-2H3. The van der Waals surface area contributed by atoms with Gasteiger partial charge in [-0.25, -0.2) is 4.79 Å². The zero-order valence-electron chi connectivity index (χ0n) is 18.7. The van der Waals surface area contributed by atoms with Crippen LogP contribution in [0.2, 0.25) is 5.02 Å². The normalized spacial score (nSPS) is 17.0. The number of likely N-dealkylation sites (tertiary alicyclic amines) is 1. The molecule has 1 amide bonds. The van der Waals surface area contributed by atoms with Crippen molar-refractivity contribution in [3.63, 3.8) is 0 Å². The smallest absolute Gasteiger partial charge is 0.332 e. The molecule has 2 fully saturated rings. The first-order valence-corrected chi connectivity index (χ1v) is 11.6. The molecule has 1 saturated heterocycles. The third kappa shape index (κ3) is 4.06. The van der Waals surface area contributed by atoms with Gasteiger partial charge in [0.25, 0.3) is 11.6 Å². The zero-order chi connectivity index (χ0) is 23.3. The Labute approximate surface area is 195 Å². The van der Waals surface area contributed by atoms with Gasteiger partial charge in [-0.3, -0.25) is 23.3 Å². The molecule has 1 aromatic carbocycles. The Balaban J connectivity index is 1.49. The molecule has 0 radical (unpaired) electrons. The highest BCUT2D eigenvalue weighted by molar-refractivity contribution is 6.30. The Hall–Kier alpha value is -3.07. The SMILES string of the molecule is Cn1c(=O)c2c(nc(OC3CCN(C(=O)C4CC4)CC3)n2Cc2cccc(Cl)c2)n(C)c1=O. The fourth-order valence-corrected chi connectivity index (χ4v) is 4.63. The molecule has 1 aliphatic heterocycles. The number of benzene rings is 1. The molecule has 0 spiro atoms. The lowest BCUT2D eigenvalue weighted by atomic mass is 10.1. The van der Waals surface area contributed by atoms with E-state index in [1.807, 2.05) is 23.1 Å². The molecule has 3 heterocycles. The number of amides is 1. The van der Waals surface area contributed by atoms with Crippen LogP contribution in [0.5, 0.6) is 6.01 Å². The van der Waals surface area contributed by atoms with Crippen LogP contribution < -0.4 is 16.0 Å². The number of aromatic nitrogens is 4. The van der Waals surface area contributed by atoms with Crippen molar-refractivity contribution in [1.29, 1.82) is 0 Å². The summed E-state index contributed by atoms with van der Waals surface area (Å²) in [4.78, 5) is 44.3. The predicted octanol–water partition coefficient (Wildman–Crippen LogP) is 1.92. The van der Waals surface area contributed by atoms with Gasteiger partial charge in [0.05, 0.1) is 6.54 Å². The Morgan fingerprint density at radius 3 is 2.52 bits per heavy atom. The van der Waals surface area contributed by atoms with Crippen LogP contribution in [0.4, 0.5) is 0 Å². The first-order valence-electron chi connectivity index (χ1n) is 11.2. The van der Waals surface area contributed by atoms with E-state index in [-0.39, 0.29) is 29.6 Å². The van der Waals surface area contributed by atoms with Crippen molar-refractivity contribution in [1.82, 2.24) is 23.6 Å². The number of piperidine rings is 1. The van der Waals surface area contributed by atoms with Gasteiger partial charge in [0.1, 0.15) is 6.10 Å². The molecule has 2 aromatic heterocycles. The zero-order valence-corrected chi connectivity index (χ0v) is 19.4. The van der Waals surface area contributed by atoms with Crippen LogP contribution in [0.25, 0.3) is 11.2 Å². The average Bonchev–Trinajstić information content (AvgIpc) is 3.60. The van der Waals surface area contributed by atoms with Gasteiger partial charge in [0, 0.05) is 51.0 Å². The van der Waals surface area contributed by atoms with Gasteiger partial charge in [-0.2, -0.15) is 4.98 Å². The van der Waals surface area contributed by atoms with E-state index in [1.54, 1.807) is 17.7 Å². The number of fused-ring (bicyclic) bond motifs is 1. The van der Waals surface area contributed by atoms with E-state index in [2.05, 4.69) is 4.98 Å². The Morgan fingerprint density at radius 2 is 1.85 bits per heavy atom. The summed E-state index contributed by atoms with van der Waals surface area (Å²) in [6, 6.07) is 7.66. The second-order valence-corrected chi connectivity index (χ2v) is 9.34. The first-order chi connectivity index (χ1) is 15.8. The van der Waals surface area contributed by atoms with Crippen molar-refractivity contribution in [2.75, 3.05) is 13.1 Å². The average molecular weight is 472 g/mol. The van der Waals surface area contributed by atoms with Crippen LogP contribution in [-0.2, 0) is 25.4 Å². The summed E-state index contributed by atoms with van der Waals surface area (Å²) in [6.45, 7) is 1.61. The number of hydrogen-bond donors (Lipinski definition) is 0. The maximum Gasteiger partial charge on any atom is 0.332 e. The minimum Gasteiger partial charge on any atom is -0.461 e. The van der Waals surface area contributed by atoms with Gasteiger partial charge in [-0.05, 0) is 30.5 Å². The Bertz CT molecular complexity index is 1350. The molecule has 0 bridgehead atoms. The fourth-order valence-electron chi connectivity index (χ4n) is 4.41. The number of rotatable bonds is 5. The fraction of sp³-hybridized carbons (Fsp3) is 0.478. The van der Waals surface area contributed by atoms with Crippen molar-refractivity contribution in [2.45, 2.75) is 38.3 Å². The molecule has 1 aliphatic carbocycles. The van der Waals surface area contributed by atoms with E-state index in [9.17, 15) is 14.4 Å². The number of nitrogens with zero attached hydrogens (tertiary/aromatic N) is 5. The number of ether oxygens (including phenoxy) is 1. The number of hydrogen-bond acceptors (Lipinski definition) is 5. The van der Waals surface area contributed by atoms with Gasteiger partial charge < -0.3 is 9.64 Å². The van der Waals surface area contributed by atoms with Gasteiger partial charge in [-0.15, -0.1) is 0 Å². The van der Waals surface area contributed by atoms with E-state index in [0.29, 0.717) is 43.0 Å². The van der Waals surface area contributed by atoms with Crippen LogP contribution in [0.1, 0.15) is 31.2 Å². The molecule has 33 heavy (non-hydrogen) atoms. The maximum atomic E-state index is 13.0. The molecule has 0 atom stereocenters. The van der Waals surface area contributed by atoms with Crippen LogP contribution >= 0.6 is 11.6 Å². The molecule has 1 saturated carbocycles. The van der Waals surface area contributed by atoms with Crippen molar-refractivity contribution in [3.05, 3.63) is 55.7 Å². The van der Waals surface area contributed by atoms with E-state index < -0.39 is 11.2 Å². The molecule has 3 aromatic rings. The van der Waals surface area contributed by atoms with Gasteiger partial charge in [-0.1, -0.05) is 23.7 Å². The lowest BCUT2D eigenvalue weighted by molar-refractivity contribution is -0.134. The maximum absolute atomic E-state index is 13.0. The van der Waals surface area contributed by atoms with Crippen molar-refractivity contribution in [3.8, 4) is 6.01 Å². The molecule has 0 unspecified atom stereocenters. The minimum absolute atomic E-state index is 0.135. The largest absolute Gasteiger partial charge is 0.461 e. The van der Waals surface area contributed by atoms with Crippen molar-refractivity contribution >= 4 is 28.7 Å². The quantitative estimate of drug-likeness (QED) is 0.567. The summed E-state index contributed by atoms with van der Waals surface area (Å²) >= 11 is 6.17. The molecule has 2 aliphatic rings. The van der Waals surface area contributed by atoms with Crippen LogP contribution in [-0.4, -0.2) is 48.7 Å². The summed E-state index contributed by atoms with van der Waals surface area (Å²) in [5.74, 6) is 0.460. The molecular formula is C23H26ClN5O4. The molecule has 174 valence electrons. The van der Waals surface area contributed by atoms with Gasteiger partial charge >= 0.3 is 5.69 Å².